The van der Waals surface area contributed by atoms with Crippen LogP contribution in [0.15, 0.2) is 57.7 Å². The van der Waals surface area contributed by atoms with Gasteiger partial charge in [0.2, 0.25) is 0 Å². The number of nitrogens with one attached hydrogen (secondary N) is 1. The SMILES string of the molecule is O=C(Nc1ccc(-c2nnc3n2CCCCC3)cc1)c1cc(=O)c2cc(Cl)ccc2o1. The van der Waals surface area contributed by atoms with Gasteiger partial charge in [-0.25, -0.2) is 0 Å². The lowest BCUT2D eigenvalue weighted by Gasteiger charge is -2.09. The van der Waals surface area contributed by atoms with Crippen LogP contribution in [0, 0.1) is 0 Å². The van der Waals surface area contributed by atoms with E-state index in [-0.39, 0.29) is 11.2 Å². The summed E-state index contributed by atoms with van der Waals surface area (Å²) >= 11 is 5.93. The molecule has 0 saturated carbocycles. The van der Waals surface area contributed by atoms with Crippen LogP contribution < -0.4 is 10.7 Å². The van der Waals surface area contributed by atoms with Gasteiger partial charge in [0, 0.05) is 35.3 Å². The van der Waals surface area contributed by atoms with E-state index in [0.717, 1.165) is 43.0 Å². The lowest BCUT2D eigenvalue weighted by Crippen LogP contribution is -2.15. The third kappa shape index (κ3) is 3.84. The van der Waals surface area contributed by atoms with Crippen LogP contribution in [-0.4, -0.2) is 20.7 Å². The Morgan fingerprint density at radius 1 is 1.03 bits per heavy atom. The number of rotatable bonds is 3. The molecular weight excluding hydrogens is 416 g/mol. The molecule has 1 amide bonds. The number of halogens is 1. The summed E-state index contributed by atoms with van der Waals surface area (Å²) in [5.41, 5.74) is 1.51. The topological polar surface area (TPSA) is 90.0 Å². The van der Waals surface area contributed by atoms with Crippen molar-refractivity contribution in [2.45, 2.75) is 32.2 Å². The number of hydrogen-bond donors (Lipinski definition) is 1. The number of fused-ring (bicyclic) bond motifs is 2. The first-order valence-electron chi connectivity index (χ1n) is 10.2. The Morgan fingerprint density at radius 2 is 1.87 bits per heavy atom. The molecule has 2 aromatic heterocycles. The van der Waals surface area contributed by atoms with Gasteiger partial charge in [0.1, 0.15) is 11.4 Å². The molecule has 3 heterocycles. The number of carbonyl (C=O) groups excluding carboxylic acids is 1. The molecule has 0 saturated heterocycles. The van der Waals surface area contributed by atoms with Crippen molar-refractivity contribution in [1.29, 1.82) is 0 Å². The molecule has 8 heteroatoms. The maximum absolute atomic E-state index is 12.6. The van der Waals surface area contributed by atoms with Crippen LogP contribution in [0.2, 0.25) is 5.02 Å². The zero-order valence-corrected chi connectivity index (χ0v) is 17.4. The van der Waals surface area contributed by atoms with Crippen LogP contribution in [0.5, 0.6) is 0 Å². The summed E-state index contributed by atoms with van der Waals surface area (Å²) in [5, 5.41) is 12.2. The van der Waals surface area contributed by atoms with E-state index in [0.29, 0.717) is 21.7 Å². The summed E-state index contributed by atoms with van der Waals surface area (Å²) in [5.74, 6) is 1.30. The van der Waals surface area contributed by atoms with E-state index in [2.05, 4.69) is 20.1 Å². The molecule has 0 aliphatic carbocycles. The third-order valence-corrected chi connectivity index (χ3v) is 5.66. The molecule has 0 unspecified atom stereocenters. The van der Waals surface area contributed by atoms with Gasteiger partial charge in [-0.3, -0.25) is 9.59 Å². The number of hydrogen-bond acceptors (Lipinski definition) is 5. The lowest BCUT2D eigenvalue weighted by molar-refractivity contribution is 0.0997. The molecule has 0 spiro atoms. The fourth-order valence-corrected chi connectivity index (χ4v) is 4.01. The van der Waals surface area contributed by atoms with Crippen molar-refractivity contribution in [1.82, 2.24) is 14.8 Å². The van der Waals surface area contributed by atoms with Gasteiger partial charge in [0.15, 0.2) is 17.0 Å². The number of aryl methyl sites for hydroxylation is 1. The molecule has 0 atom stereocenters. The number of anilines is 1. The van der Waals surface area contributed by atoms with E-state index in [1.165, 1.54) is 18.6 Å². The van der Waals surface area contributed by atoms with Crippen LogP contribution >= 0.6 is 11.6 Å². The smallest absolute Gasteiger partial charge is 0.291 e. The van der Waals surface area contributed by atoms with Crippen molar-refractivity contribution in [2.24, 2.45) is 0 Å². The first-order valence-corrected chi connectivity index (χ1v) is 10.5. The highest BCUT2D eigenvalue weighted by Gasteiger charge is 2.17. The van der Waals surface area contributed by atoms with E-state index in [4.69, 9.17) is 16.0 Å². The zero-order valence-electron chi connectivity index (χ0n) is 16.6. The van der Waals surface area contributed by atoms with Crippen LogP contribution in [0.3, 0.4) is 0 Å². The molecule has 0 radical (unpaired) electrons. The molecule has 2 aromatic carbocycles. The van der Waals surface area contributed by atoms with Crippen LogP contribution in [0.25, 0.3) is 22.4 Å². The van der Waals surface area contributed by atoms with Crippen molar-refractivity contribution in [3.05, 3.63) is 75.4 Å². The fourth-order valence-electron chi connectivity index (χ4n) is 3.83. The Labute approximate surface area is 182 Å². The first kappa shape index (κ1) is 19.5. The molecule has 31 heavy (non-hydrogen) atoms. The predicted octanol–water partition coefficient (Wildman–Crippen LogP) is 4.68. The molecule has 5 rings (SSSR count). The second-order valence-electron chi connectivity index (χ2n) is 7.55. The highest BCUT2D eigenvalue weighted by Crippen LogP contribution is 2.24. The van der Waals surface area contributed by atoms with E-state index in [1.807, 2.05) is 12.1 Å². The highest BCUT2D eigenvalue weighted by atomic mass is 35.5. The summed E-state index contributed by atoms with van der Waals surface area (Å²) in [4.78, 5) is 24.9. The minimum Gasteiger partial charge on any atom is -0.451 e. The van der Waals surface area contributed by atoms with Crippen LogP contribution in [0.4, 0.5) is 5.69 Å². The van der Waals surface area contributed by atoms with Crippen molar-refractivity contribution >= 4 is 34.2 Å². The van der Waals surface area contributed by atoms with Gasteiger partial charge < -0.3 is 14.3 Å². The van der Waals surface area contributed by atoms with Gasteiger partial charge in [-0.2, -0.15) is 0 Å². The minimum atomic E-state index is -0.502. The second-order valence-corrected chi connectivity index (χ2v) is 7.99. The molecule has 7 nitrogen and oxygen atoms in total. The number of benzene rings is 2. The Bertz CT molecular complexity index is 1340. The van der Waals surface area contributed by atoms with Gasteiger partial charge in [-0.15, -0.1) is 10.2 Å². The van der Waals surface area contributed by atoms with Crippen molar-refractivity contribution in [3.8, 4) is 11.4 Å². The van der Waals surface area contributed by atoms with Gasteiger partial charge in [-0.05, 0) is 55.3 Å². The lowest BCUT2D eigenvalue weighted by atomic mass is 10.2. The Kier molecular flexibility index (Phi) is 5.03. The monoisotopic (exact) mass is 434 g/mol. The van der Waals surface area contributed by atoms with Crippen molar-refractivity contribution < 1.29 is 9.21 Å². The molecule has 156 valence electrons. The molecule has 1 aliphatic heterocycles. The molecule has 4 aromatic rings. The Balaban J connectivity index is 1.37. The third-order valence-electron chi connectivity index (χ3n) is 5.42. The van der Waals surface area contributed by atoms with Gasteiger partial charge in [0.25, 0.3) is 5.91 Å². The van der Waals surface area contributed by atoms with E-state index < -0.39 is 5.91 Å². The first-order chi connectivity index (χ1) is 15.1. The van der Waals surface area contributed by atoms with Crippen molar-refractivity contribution in [2.75, 3.05) is 5.32 Å². The Hall–Kier alpha value is -3.45. The van der Waals surface area contributed by atoms with E-state index in [9.17, 15) is 9.59 Å². The average Bonchev–Trinajstić information content (AvgIpc) is 3.02. The molecule has 0 fully saturated rings. The highest BCUT2D eigenvalue weighted by molar-refractivity contribution is 6.31. The summed E-state index contributed by atoms with van der Waals surface area (Å²) in [6.45, 7) is 0.919. The van der Waals surface area contributed by atoms with Gasteiger partial charge >= 0.3 is 0 Å². The predicted molar refractivity (Wildman–Crippen MR) is 118 cm³/mol. The second kappa shape index (κ2) is 8.00. The summed E-state index contributed by atoms with van der Waals surface area (Å²) in [7, 11) is 0. The van der Waals surface area contributed by atoms with E-state index in [1.54, 1.807) is 24.3 Å². The normalized spacial score (nSPS) is 13.6. The summed E-state index contributed by atoms with van der Waals surface area (Å²) in [6.07, 6.45) is 4.41. The molecular formula is C23H19ClN4O3. The van der Waals surface area contributed by atoms with E-state index >= 15 is 0 Å². The number of carbonyl (C=O) groups is 1. The van der Waals surface area contributed by atoms with Gasteiger partial charge in [-0.1, -0.05) is 18.0 Å². The van der Waals surface area contributed by atoms with Crippen LogP contribution in [-0.2, 0) is 13.0 Å². The van der Waals surface area contributed by atoms with Gasteiger partial charge in [0.05, 0.1) is 5.39 Å². The number of amides is 1. The largest absolute Gasteiger partial charge is 0.451 e. The molecule has 1 aliphatic rings. The maximum Gasteiger partial charge on any atom is 0.291 e. The number of aromatic nitrogens is 3. The maximum atomic E-state index is 12.6. The molecule has 0 bridgehead atoms. The zero-order chi connectivity index (χ0) is 21.4. The molecule has 1 N–H and O–H groups in total. The quantitative estimate of drug-likeness (QED) is 0.505. The number of nitrogens with zero attached hydrogens (tertiary/aromatic N) is 3. The minimum absolute atomic E-state index is 0.0633. The summed E-state index contributed by atoms with van der Waals surface area (Å²) < 4.78 is 7.77. The fraction of sp³-hybridized carbons (Fsp3) is 0.217. The van der Waals surface area contributed by atoms with Crippen molar-refractivity contribution in [3.63, 3.8) is 0 Å². The summed E-state index contributed by atoms with van der Waals surface area (Å²) in [6, 6.07) is 13.3. The Morgan fingerprint density at radius 3 is 2.71 bits per heavy atom. The average molecular weight is 435 g/mol. The standard InChI is InChI=1S/C23H19ClN4O3/c24-15-7-10-19-17(12-15)18(29)13-20(31-19)23(30)25-16-8-5-14(6-9-16)22-27-26-21-4-2-1-3-11-28(21)22/h5-10,12-13H,1-4,11H2,(H,25,30). The van der Waals surface area contributed by atoms with Crippen LogP contribution in [0.1, 0.15) is 35.6 Å².